The molecule has 1 unspecified atom stereocenters. The van der Waals surface area contributed by atoms with Crippen molar-refractivity contribution in [1.82, 2.24) is 5.32 Å². The molecule has 1 amide bonds. The molecule has 1 saturated heterocycles. The fraction of sp³-hybridized carbons (Fsp3) is 0.500. The number of furan rings is 1. The van der Waals surface area contributed by atoms with Gasteiger partial charge in [0.05, 0.1) is 12.6 Å². The molecule has 1 atom stereocenters. The van der Waals surface area contributed by atoms with Crippen LogP contribution < -0.4 is 5.32 Å². The van der Waals surface area contributed by atoms with E-state index in [1.165, 1.54) is 0 Å². The van der Waals surface area contributed by atoms with Gasteiger partial charge in [0.1, 0.15) is 4.90 Å². The van der Waals surface area contributed by atoms with Crippen molar-refractivity contribution in [3.05, 3.63) is 16.5 Å². The first-order chi connectivity index (χ1) is 8.88. The molecule has 0 spiro atoms. The van der Waals surface area contributed by atoms with Gasteiger partial charge >= 0.3 is 0 Å². The van der Waals surface area contributed by atoms with Crippen molar-refractivity contribution < 1.29 is 22.4 Å². The second-order valence-electron chi connectivity index (χ2n) is 4.07. The molecule has 0 aromatic carbocycles. The smallest absolute Gasteiger partial charge is 0.287 e. The summed E-state index contributed by atoms with van der Waals surface area (Å²) in [6.45, 7) is 1.13. The predicted molar refractivity (Wildman–Crippen MR) is 70.8 cm³/mol. The highest BCUT2D eigenvalue weighted by atomic mass is 79.9. The molecule has 0 bridgehead atoms. The molecule has 1 aliphatic heterocycles. The molecule has 0 saturated carbocycles. The Morgan fingerprint density at radius 2 is 2.26 bits per heavy atom. The van der Waals surface area contributed by atoms with E-state index in [2.05, 4.69) is 21.2 Å². The van der Waals surface area contributed by atoms with Crippen LogP contribution in [0.2, 0.25) is 0 Å². The minimum Gasteiger partial charge on any atom is -0.443 e. The third-order valence-electron chi connectivity index (χ3n) is 2.64. The Morgan fingerprint density at radius 3 is 2.79 bits per heavy atom. The Hall–Kier alpha value is -0.570. The monoisotopic (exact) mass is 371 g/mol. The molecular weight excluding hydrogens is 362 g/mol. The van der Waals surface area contributed by atoms with Crippen LogP contribution in [0.25, 0.3) is 0 Å². The van der Waals surface area contributed by atoms with E-state index in [0.29, 0.717) is 13.2 Å². The first-order valence-corrected chi connectivity index (χ1v) is 8.61. The highest BCUT2D eigenvalue weighted by molar-refractivity contribution is 9.10. The van der Waals surface area contributed by atoms with Gasteiger partial charge in [0.25, 0.3) is 15.0 Å². The van der Waals surface area contributed by atoms with Crippen LogP contribution in [0, 0.1) is 0 Å². The lowest BCUT2D eigenvalue weighted by Gasteiger charge is -2.22. The highest BCUT2D eigenvalue weighted by Crippen LogP contribution is 2.28. The van der Waals surface area contributed by atoms with Crippen LogP contribution in [0.1, 0.15) is 23.4 Å². The zero-order chi connectivity index (χ0) is 14.0. The van der Waals surface area contributed by atoms with Gasteiger partial charge in [-0.25, -0.2) is 8.42 Å². The Bertz CT molecular complexity index is 579. The zero-order valence-electron chi connectivity index (χ0n) is 9.69. The van der Waals surface area contributed by atoms with Crippen molar-refractivity contribution in [2.75, 3.05) is 13.2 Å². The van der Waals surface area contributed by atoms with Crippen LogP contribution in [0.4, 0.5) is 0 Å². The highest BCUT2D eigenvalue weighted by Gasteiger charge is 2.25. The zero-order valence-corrected chi connectivity index (χ0v) is 12.8. The Morgan fingerprint density at radius 1 is 1.53 bits per heavy atom. The van der Waals surface area contributed by atoms with Crippen molar-refractivity contribution in [2.45, 2.75) is 23.8 Å². The molecule has 2 rings (SSSR count). The molecular formula is C10H11BrClNO5S. The summed E-state index contributed by atoms with van der Waals surface area (Å²) in [6.07, 6.45) is 1.68. The second kappa shape index (κ2) is 5.82. The minimum absolute atomic E-state index is 0.0902. The van der Waals surface area contributed by atoms with E-state index in [1.54, 1.807) is 0 Å². The van der Waals surface area contributed by atoms with E-state index >= 15 is 0 Å². The average molecular weight is 373 g/mol. The molecule has 6 nitrogen and oxygen atoms in total. The van der Waals surface area contributed by atoms with E-state index in [9.17, 15) is 13.2 Å². The quantitative estimate of drug-likeness (QED) is 0.819. The van der Waals surface area contributed by atoms with Gasteiger partial charge in [-0.1, -0.05) is 0 Å². The van der Waals surface area contributed by atoms with E-state index in [4.69, 9.17) is 19.8 Å². The maximum absolute atomic E-state index is 11.9. The molecule has 1 N–H and O–H groups in total. The number of hydrogen-bond donors (Lipinski definition) is 1. The largest absolute Gasteiger partial charge is 0.443 e. The summed E-state index contributed by atoms with van der Waals surface area (Å²) in [7, 11) is 1.25. The molecule has 1 aromatic heterocycles. The summed E-state index contributed by atoms with van der Waals surface area (Å²) in [4.78, 5) is 11.6. The van der Waals surface area contributed by atoms with Crippen LogP contribution in [-0.2, 0) is 13.8 Å². The number of halogens is 2. The summed E-state index contributed by atoms with van der Waals surface area (Å²) in [5.74, 6) is -0.612. The average Bonchev–Trinajstić information content (AvgIpc) is 2.72. The lowest BCUT2D eigenvalue weighted by Crippen LogP contribution is -2.40. The summed E-state index contributed by atoms with van der Waals surface area (Å²) < 4.78 is 32.6. The number of rotatable bonds is 3. The Labute approximate surface area is 123 Å². The Kier molecular flexibility index (Phi) is 4.54. The number of ether oxygens (including phenoxy) is 1. The van der Waals surface area contributed by atoms with E-state index in [0.717, 1.165) is 18.9 Å². The number of carbonyl (C=O) groups excluding carboxylic acids is 1. The van der Waals surface area contributed by atoms with Crippen LogP contribution in [-0.4, -0.2) is 33.6 Å². The second-order valence-corrected chi connectivity index (χ2v) is 7.33. The standard InChI is InChI=1S/C10H11BrClNO5S/c11-9-8(19(12,15)16)4-7(18-9)10(14)13-6-2-1-3-17-5-6/h4,6H,1-3,5H2,(H,13,14). The summed E-state index contributed by atoms with van der Waals surface area (Å²) in [5, 5.41) is 2.71. The van der Waals surface area contributed by atoms with Gasteiger partial charge in [0.15, 0.2) is 10.4 Å². The molecule has 9 heteroatoms. The number of hydrogen-bond acceptors (Lipinski definition) is 5. The van der Waals surface area contributed by atoms with Crippen LogP contribution in [0.3, 0.4) is 0 Å². The van der Waals surface area contributed by atoms with Gasteiger partial charge in [-0.3, -0.25) is 4.79 Å². The Balaban J connectivity index is 2.11. The van der Waals surface area contributed by atoms with Gasteiger partial charge < -0.3 is 14.5 Å². The summed E-state index contributed by atoms with van der Waals surface area (Å²) in [5.41, 5.74) is 0. The van der Waals surface area contributed by atoms with E-state index in [-0.39, 0.29) is 21.4 Å². The van der Waals surface area contributed by atoms with Crippen LogP contribution in [0.5, 0.6) is 0 Å². The van der Waals surface area contributed by atoms with Crippen LogP contribution in [0.15, 0.2) is 20.0 Å². The minimum atomic E-state index is -3.95. The fourth-order valence-electron chi connectivity index (χ4n) is 1.74. The van der Waals surface area contributed by atoms with Gasteiger partial charge in [-0.05, 0) is 28.8 Å². The molecule has 0 aliphatic carbocycles. The summed E-state index contributed by atoms with van der Waals surface area (Å²) >= 11 is 2.91. The molecule has 1 aromatic rings. The number of nitrogens with one attached hydrogen (secondary N) is 1. The van der Waals surface area contributed by atoms with Crippen molar-refractivity contribution in [2.24, 2.45) is 0 Å². The molecule has 1 fully saturated rings. The van der Waals surface area contributed by atoms with Gasteiger partial charge in [-0.15, -0.1) is 0 Å². The molecule has 1 aliphatic rings. The molecule has 0 radical (unpaired) electrons. The first kappa shape index (κ1) is 14.8. The van der Waals surface area contributed by atoms with Crippen molar-refractivity contribution >= 4 is 41.6 Å². The maximum Gasteiger partial charge on any atom is 0.287 e. The fourth-order valence-corrected chi connectivity index (χ4v) is 3.77. The number of amides is 1. The molecule has 2 heterocycles. The van der Waals surface area contributed by atoms with E-state index < -0.39 is 15.0 Å². The van der Waals surface area contributed by atoms with Gasteiger partial charge in [-0.2, -0.15) is 0 Å². The third kappa shape index (κ3) is 3.71. The third-order valence-corrected chi connectivity index (χ3v) is 4.82. The van der Waals surface area contributed by atoms with Crippen molar-refractivity contribution in [3.63, 3.8) is 0 Å². The predicted octanol–water partition coefficient (Wildman–Crippen LogP) is 1.88. The lowest BCUT2D eigenvalue weighted by molar-refractivity contribution is 0.0611. The maximum atomic E-state index is 11.9. The SMILES string of the molecule is O=C(NC1CCCOC1)c1cc(S(=O)(=O)Cl)c(Br)o1. The lowest BCUT2D eigenvalue weighted by atomic mass is 10.1. The van der Waals surface area contributed by atoms with Crippen molar-refractivity contribution in [3.8, 4) is 0 Å². The number of carbonyl (C=O) groups is 1. The van der Waals surface area contributed by atoms with Crippen molar-refractivity contribution in [1.29, 1.82) is 0 Å². The molecule has 106 valence electrons. The van der Waals surface area contributed by atoms with Gasteiger partial charge in [0.2, 0.25) is 0 Å². The molecule has 19 heavy (non-hydrogen) atoms. The topological polar surface area (TPSA) is 85.6 Å². The van der Waals surface area contributed by atoms with Gasteiger partial charge in [0, 0.05) is 23.4 Å². The normalized spacial score (nSPS) is 20.2. The van der Waals surface area contributed by atoms with Crippen LogP contribution >= 0.6 is 26.6 Å². The summed E-state index contributed by atoms with van der Waals surface area (Å²) in [6, 6.07) is 0.993. The first-order valence-electron chi connectivity index (χ1n) is 5.50. The van der Waals surface area contributed by atoms with E-state index in [1.807, 2.05) is 0 Å².